The number of pyridine rings is 2. The molecular formula is C20H18N6O2. The highest BCUT2D eigenvalue weighted by Crippen LogP contribution is 2.18. The fourth-order valence-electron chi connectivity index (χ4n) is 3.31. The lowest BCUT2D eigenvalue weighted by atomic mass is 10.1. The van der Waals surface area contributed by atoms with Gasteiger partial charge in [-0.3, -0.25) is 14.6 Å². The van der Waals surface area contributed by atoms with Gasteiger partial charge in [0.25, 0.3) is 5.91 Å². The van der Waals surface area contributed by atoms with Crippen molar-refractivity contribution < 1.29 is 4.79 Å². The molecule has 28 heavy (non-hydrogen) atoms. The van der Waals surface area contributed by atoms with E-state index in [1.165, 1.54) is 6.20 Å². The average Bonchev–Trinajstić information content (AvgIpc) is 2.68. The Bertz CT molecular complexity index is 1300. The number of nitrogen functional groups attached to an aromatic ring is 1. The molecule has 0 saturated heterocycles. The standard InChI is InChI=1S/C20H18N6O2/c1-2-26-18(21)16(19(22)28)17(27)13-10-24-15(25-20(13)26)8-11-7-12-5-3-4-6-14(12)23-9-11/h3-7,9-10H,2,8,21H2,1H3,(H2,22,28). The van der Waals surface area contributed by atoms with Crippen LogP contribution in [0.25, 0.3) is 21.9 Å². The molecule has 4 N–H and O–H groups in total. The van der Waals surface area contributed by atoms with Crippen LogP contribution in [0, 0.1) is 0 Å². The fraction of sp³-hybridized carbons (Fsp3) is 0.150. The molecule has 140 valence electrons. The molecule has 3 aromatic heterocycles. The molecule has 1 amide bonds. The van der Waals surface area contributed by atoms with E-state index >= 15 is 0 Å². The van der Waals surface area contributed by atoms with Gasteiger partial charge in [0.2, 0.25) is 5.43 Å². The second kappa shape index (κ2) is 6.73. The predicted octanol–water partition coefficient (Wildman–Crippen LogP) is 1.63. The molecule has 0 aliphatic rings. The van der Waals surface area contributed by atoms with Crippen LogP contribution in [0.2, 0.25) is 0 Å². The van der Waals surface area contributed by atoms with Crippen molar-refractivity contribution >= 4 is 33.7 Å². The highest BCUT2D eigenvalue weighted by atomic mass is 16.2. The number of rotatable bonds is 4. The fourth-order valence-corrected chi connectivity index (χ4v) is 3.31. The number of fused-ring (bicyclic) bond motifs is 2. The number of carbonyl (C=O) groups excluding carboxylic acids is 1. The molecule has 1 aromatic carbocycles. The van der Waals surface area contributed by atoms with E-state index in [1.54, 1.807) is 10.8 Å². The molecule has 0 aliphatic heterocycles. The normalized spacial score (nSPS) is 11.2. The number of primary amides is 1. The van der Waals surface area contributed by atoms with E-state index in [0.717, 1.165) is 16.5 Å². The third kappa shape index (κ3) is 2.84. The maximum absolute atomic E-state index is 12.6. The largest absolute Gasteiger partial charge is 0.384 e. The number of hydrogen-bond donors (Lipinski definition) is 2. The number of para-hydroxylation sites is 1. The molecule has 0 atom stereocenters. The van der Waals surface area contributed by atoms with Crippen molar-refractivity contribution in [3.8, 4) is 0 Å². The Hall–Kier alpha value is -3.81. The van der Waals surface area contributed by atoms with Gasteiger partial charge in [0.05, 0.1) is 10.9 Å². The minimum atomic E-state index is -0.863. The number of benzene rings is 1. The predicted molar refractivity (Wildman–Crippen MR) is 107 cm³/mol. The van der Waals surface area contributed by atoms with E-state index in [-0.39, 0.29) is 16.8 Å². The Labute approximate surface area is 159 Å². The number of nitrogens with zero attached hydrogens (tertiary/aromatic N) is 4. The zero-order valence-corrected chi connectivity index (χ0v) is 15.2. The molecule has 0 unspecified atom stereocenters. The van der Waals surface area contributed by atoms with Gasteiger partial charge >= 0.3 is 0 Å². The Morgan fingerprint density at radius 2 is 1.96 bits per heavy atom. The molecule has 0 saturated carbocycles. The molecule has 4 rings (SSSR count). The average molecular weight is 374 g/mol. The van der Waals surface area contributed by atoms with Crippen molar-refractivity contribution in [3.05, 3.63) is 69.9 Å². The van der Waals surface area contributed by atoms with Crippen LogP contribution in [-0.4, -0.2) is 25.4 Å². The van der Waals surface area contributed by atoms with Gasteiger partial charge in [-0.1, -0.05) is 18.2 Å². The maximum Gasteiger partial charge on any atom is 0.256 e. The van der Waals surface area contributed by atoms with E-state index < -0.39 is 11.3 Å². The number of aromatic nitrogens is 4. The van der Waals surface area contributed by atoms with Crippen LogP contribution in [0.5, 0.6) is 0 Å². The van der Waals surface area contributed by atoms with Crippen LogP contribution < -0.4 is 16.9 Å². The molecule has 0 radical (unpaired) electrons. The molecule has 0 fully saturated rings. The van der Waals surface area contributed by atoms with Gasteiger partial charge in [-0.05, 0) is 24.6 Å². The summed E-state index contributed by atoms with van der Waals surface area (Å²) < 4.78 is 1.60. The minimum absolute atomic E-state index is 0.0181. The molecule has 4 aromatic rings. The number of aryl methyl sites for hydroxylation is 1. The van der Waals surface area contributed by atoms with Crippen molar-refractivity contribution in [2.24, 2.45) is 5.73 Å². The number of carbonyl (C=O) groups is 1. The summed E-state index contributed by atoms with van der Waals surface area (Å²) in [5.74, 6) is -0.320. The molecular weight excluding hydrogens is 356 g/mol. The quantitative estimate of drug-likeness (QED) is 0.558. The van der Waals surface area contributed by atoms with E-state index in [9.17, 15) is 9.59 Å². The summed E-state index contributed by atoms with van der Waals surface area (Å²) in [6, 6.07) is 9.88. The van der Waals surface area contributed by atoms with Crippen LogP contribution in [0.3, 0.4) is 0 Å². The number of anilines is 1. The number of amides is 1. The Balaban J connectivity index is 1.83. The highest BCUT2D eigenvalue weighted by Gasteiger charge is 2.19. The lowest BCUT2D eigenvalue weighted by Crippen LogP contribution is -2.28. The Kier molecular flexibility index (Phi) is 4.23. The van der Waals surface area contributed by atoms with Gasteiger partial charge in [0, 0.05) is 30.7 Å². The first-order valence-corrected chi connectivity index (χ1v) is 8.81. The van der Waals surface area contributed by atoms with Crippen molar-refractivity contribution in [3.63, 3.8) is 0 Å². The van der Waals surface area contributed by atoms with Crippen molar-refractivity contribution in [1.29, 1.82) is 0 Å². The Morgan fingerprint density at radius 1 is 1.18 bits per heavy atom. The van der Waals surface area contributed by atoms with Crippen molar-refractivity contribution in [2.45, 2.75) is 19.9 Å². The van der Waals surface area contributed by atoms with Crippen LogP contribution in [0.15, 0.2) is 47.5 Å². The van der Waals surface area contributed by atoms with Crippen LogP contribution in [-0.2, 0) is 13.0 Å². The van der Waals surface area contributed by atoms with E-state index in [1.807, 2.05) is 37.3 Å². The minimum Gasteiger partial charge on any atom is -0.384 e. The van der Waals surface area contributed by atoms with Gasteiger partial charge in [0.1, 0.15) is 22.9 Å². The molecule has 8 heteroatoms. The van der Waals surface area contributed by atoms with Gasteiger partial charge in [-0.15, -0.1) is 0 Å². The Morgan fingerprint density at radius 3 is 2.71 bits per heavy atom. The summed E-state index contributed by atoms with van der Waals surface area (Å²) in [6.45, 7) is 2.27. The van der Waals surface area contributed by atoms with Crippen LogP contribution >= 0.6 is 0 Å². The summed E-state index contributed by atoms with van der Waals surface area (Å²) in [7, 11) is 0. The maximum atomic E-state index is 12.6. The van der Waals surface area contributed by atoms with Crippen molar-refractivity contribution in [2.75, 3.05) is 5.73 Å². The van der Waals surface area contributed by atoms with E-state index in [2.05, 4.69) is 15.0 Å². The van der Waals surface area contributed by atoms with Gasteiger partial charge in [-0.25, -0.2) is 9.97 Å². The first-order chi connectivity index (χ1) is 13.5. The molecule has 0 bridgehead atoms. The first kappa shape index (κ1) is 17.6. The van der Waals surface area contributed by atoms with Crippen LogP contribution in [0.4, 0.5) is 5.82 Å². The lowest BCUT2D eigenvalue weighted by molar-refractivity contribution is 0.1000. The SMILES string of the molecule is CCn1c(N)c(C(N)=O)c(=O)c2cnc(Cc3cnc4ccccc4c3)nc21. The molecule has 8 nitrogen and oxygen atoms in total. The first-order valence-electron chi connectivity index (χ1n) is 8.81. The second-order valence-corrected chi connectivity index (χ2v) is 6.43. The van der Waals surface area contributed by atoms with Crippen molar-refractivity contribution in [1.82, 2.24) is 19.5 Å². The zero-order chi connectivity index (χ0) is 19.8. The van der Waals surface area contributed by atoms with Gasteiger partial charge in [0.15, 0.2) is 0 Å². The monoisotopic (exact) mass is 374 g/mol. The van der Waals surface area contributed by atoms with E-state index in [0.29, 0.717) is 24.4 Å². The van der Waals surface area contributed by atoms with Gasteiger partial charge in [-0.2, -0.15) is 0 Å². The highest BCUT2D eigenvalue weighted by molar-refractivity contribution is 6.00. The summed E-state index contributed by atoms with van der Waals surface area (Å²) >= 11 is 0. The summed E-state index contributed by atoms with van der Waals surface area (Å²) in [5, 5.41) is 1.24. The molecule has 0 spiro atoms. The number of hydrogen-bond acceptors (Lipinski definition) is 6. The summed E-state index contributed by atoms with van der Waals surface area (Å²) in [4.78, 5) is 37.5. The molecule has 0 aliphatic carbocycles. The topological polar surface area (TPSA) is 130 Å². The summed E-state index contributed by atoms with van der Waals surface area (Å²) in [5.41, 5.74) is 12.8. The molecule has 3 heterocycles. The lowest BCUT2D eigenvalue weighted by Gasteiger charge is -2.14. The van der Waals surface area contributed by atoms with Gasteiger partial charge < -0.3 is 16.0 Å². The second-order valence-electron chi connectivity index (χ2n) is 6.43. The zero-order valence-electron chi connectivity index (χ0n) is 15.2. The third-order valence-electron chi connectivity index (χ3n) is 4.66. The number of nitrogens with two attached hydrogens (primary N) is 2. The summed E-state index contributed by atoms with van der Waals surface area (Å²) in [6.07, 6.45) is 3.66. The van der Waals surface area contributed by atoms with E-state index in [4.69, 9.17) is 11.5 Å². The van der Waals surface area contributed by atoms with Crippen LogP contribution in [0.1, 0.15) is 28.7 Å². The smallest absolute Gasteiger partial charge is 0.256 e. The third-order valence-corrected chi connectivity index (χ3v) is 4.66.